The third-order valence-electron chi connectivity index (χ3n) is 11.8. The first-order valence-corrected chi connectivity index (χ1v) is 21.7. The van der Waals surface area contributed by atoms with Gasteiger partial charge in [0.05, 0.1) is 24.8 Å². The quantitative estimate of drug-likeness (QED) is 0.0490. The van der Waals surface area contributed by atoms with E-state index in [2.05, 4.69) is 32.2 Å². The Hall–Kier alpha value is -3.34. The molecule has 0 aromatic heterocycles. The lowest BCUT2D eigenvalue weighted by Gasteiger charge is -2.59. The fourth-order valence-electron chi connectivity index (χ4n) is 9.09. The highest BCUT2D eigenvalue weighted by atomic mass is 16.7. The molecule has 4 rings (SSSR count). The topological polar surface area (TPSA) is 119 Å². The fourth-order valence-corrected chi connectivity index (χ4v) is 9.09. The molecule has 1 aromatic carbocycles. The first-order valence-electron chi connectivity index (χ1n) is 21.7. The van der Waals surface area contributed by atoms with Crippen LogP contribution in [0.2, 0.25) is 0 Å². The van der Waals surface area contributed by atoms with E-state index in [9.17, 15) is 15.0 Å². The molecule has 2 aliphatic carbocycles. The van der Waals surface area contributed by atoms with Crippen LogP contribution in [-0.2, 0) is 14.3 Å². The normalized spacial score (nSPS) is 24.3. The number of nitrogens with zero attached hydrogens (tertiary/aromatic N) is 2. The summed E-state index contributed by atoms with van der Waals surface area (Å²) in [6.45, 7) is 13.6. The van der Waals surface area contributed by atoms with Gasteiger partial charge in [-0.25, -0.2) is 4.79 Å². The van der Waals surface area contributed by atoms with Crippen molar-refractivity contribution >= 4 is 11.8 Å². The molecule has 0 saturated heterocycles. The van der Waals surface area contributed by atoms with Gasteiger partial charge in [0.25, 0.3) is 0 Å². The number of aliphatic hydroxyl groups is 2. The summed E-state index contributed by atoms with van der Waals surface area (Å²) in [5.74, 6) is -0.0820. The van der Waals surface area contributed by atoms with E-state index in [0.717, 1.165) is 74.0 Å². The Morgan fingerprint density at radius 1 is 0.929 bits per heavy atom. The molecule has 1 fully saturated rings. The molecule has 2 N–H and O–H groups in total. The largest absolute Gasteiger partial charge is 0.490 e. The van der Waals surface area contributed by atoms with Gasteiger partial charge in [-0.2, -0.15) is 0 Å². The van der Waals surface area contributed by atoms with Gasteiger partial charge in [-0.15, -0.1) is 6.58 Å². The lowest BCUT2D eigenvalue weighted by atomic mass is 9.55. The Morgan fingerprint density at radius 3 is 2.27 bits per heavy atom. The van der Waals surface area contributed by atoms with Crippen LogP contribution in [0.25, 0.3) is 0 Å². The van der Waals surface area contributed by atoms with Gasteiger partial charge in [0.15, 0.2) is 0 Å². The number of likely N-dealkylation sites (N-methyl/N-ethyl adjacent to an activating group) is 1. The number of rotatable bonds is 28. The third kappa shape index (κ3) is 11.9. The highest BCUT2D eigenvalue weighted by Gasteiger charge is 2.65. The van der Waals surface area contributed by atoms with E-state index in [4.69, 9.17) is 28.9 Å². The number of amides is 1. The van der Waals surface area contributed by atoms with Crippen molar-refractivity contribution in [2.24, 2.45) is 22.9 Å². The number of aliphatic hydroxyl groups excluding tert-OH is 2. The third-order valence-corrected chi connectivity index (χ3v) is 11.8. The molecule has 1 aromatic rings. The van der Waals surface area contributed by atoms with Gasteiger partial charge >= 0.3 is 6.09 Å². The molecule has 0 bridgehead atoms. The first kappa shape index (κ1) is 45.4. The fraction of sp³-hybridized carbons (Fsp3) is 0.696. The van der Waals surface area contributed by atoms with Crippen molar-refractivity contribution in [2.75, 3.05) is 46.7 Å². The summed E-state index contributed by atoms with van der Waals surface area (Å²) >= 11 is 0. The highest BCUT2D eigenvalue weighted by molar-refractivity contribution is 6.02. The highest BCUT2D eigenvalue weighted by Crippen LogP contribution is 2.61. The van der Waals surface area contributed by atoms with Crippen LogP contribution in [0.3, 0.4) is 0 Å². The van der Waals surface area contributed by atoms with Crippen LogP contribution in [0, 0.1) is 17.8 Å². The van der Waals surface area contributed by atoms with Crippen molar-refractivity contribution in [1.29, 1.82) is 0 Å². The lowest BCUT2D eigenvalue weighted by molar-refractivity contribution is -0.253. The molecule has 0 unspecified atom stereocenters. The van der Waals surface area contributed by atoms with Gasteiger partial charge in [-0.3, -0.25) is 0 Å². The Kier molecular flexibility index (Phi) is 19.8. The number of oxime groups is 1. The molecule has 314 valence electrons. The van der Waals surface area contributed by atoms with E-state index in [1.54, 1.807) is 24.1 Å². The minimum atomic E-state index is -1.30. The van der Waals surface area contributed by atoms with Crippen LogP contribution in [0.15, 0.2) is 60.3 Å². The molecule has 56 heavy (non-hydrogen) atoms. The molecule has 10 heteroatoms. The number of hydrogen-bond acceptors (Lipinski definition) is 9. The monoisotopic (exact) mass is 781 g/mol. The van der Waals surface area contributed by atoms with Crippen molar-refractivity contribution in [3.8, 4) is 11.5 Å². The summed E-state index contributed by atoms with van der Waals surface area (Å²) in [6.07, 6.45) is 22.6. The van der Waals surface area contributed by atoms with E-state index < -0.39 is 17.9 Å². The van der Waals surface area contributed by atoms with Gasteiger partial charge in [-0.1, -0.05) is 108 Å². The number of carbonyl (C=O) groups excluding carboxylic acids is 1. The Bertz CT molecular complexity index is 1410. The van der Waals surface area contributed by atoms with Crippen molar-refractivity contribution in [3.05, 3.63) is 60.7 Å². The second kappa shape index (κ2) is 24.4. The van der Waals surface area contributed by atoms with Crippen LogP contribution in [0.1, 0.15) is 134 Å². The maximum Gasteiger partial charge on any atom is 0.409 e. The second-order valence-electron chi connectivity index (χ2n) is 15.7. The predicted octanol–water partition coefficient (Wildman–Crippen LogP) is 9.89. The summed E-state index contributed by atoms with van der Waals surface area (Å²) in [5, 5.41) is 24.3. The minimum absolute atomic E-state index is 0.112. The Morgan fingerprint density at radius 2 is 1.61 bits per heavy atom. The maximum absolute atomic E-state index is 14.0. The number of carbonyl (C=O) groups is 1. The van der Waals surface area contributed by atoms with E-state index in [1.807, 2.05) is 19.1 Å². The molecule has 1 heterocycles. The summed E-state index contributed by atoms with van der Waals surface area (Å²) in [4.78, 5) is 21.4. The van der Waals surface area contributed by atoms with Crippen LogP contribution in [0.5, 0.6) is 11.5 Å². The molecule has 3 aliphatic rings. The van der Waals surface area contributed by atoms with Crippen LogP contribution in [-0.4, -0.2) is 85.4 Å². The number of benzene rings is 1. The van der Waals surface area contributed by atoms with Gasteiger partial charge in [0.1, 0.15) is 30.8 Å². The number of allylic oxidation sites excluding steroid dienone is 1. The van der Waals surface area contributed by atoms with Gasteiger partial charge in [-0.05, 0) is 74.6 Å². The molecule has 1 aliphatic heterocycles. The predicted molar refractivity (Wildman–Crippen MR) is 223 cm³/mol. The smallest absolute Gasteiger partial charge is 0.409 e. The van der Waals surface area contributed by atoms with E-state index >= 15 is 0 Å². The molecule has 1 saturated carbocycles. The molecular weight excluding hydrogens is 709 g/mol. The lowest BCUT2D eigenvalue weighted by Crippen LogP contribution is -2.69. The molecule has 10 nitrogen and oxygen atoms in total. The minimum Gasteiger partial charge on any atom is -0.490 e. The van der Waals surface area contributed by atoms with Gasteiger partial charge in [0.2, 0.25) is 5.79 Å². The Balaban J connectivity index is 1.72. The first-order chi connectivity index (χ1) is 27.4. The average molecular weight is 781 g/mol. The number of unbranched alkanes of at least 4 members (excludes halogenated alkanes) is 11. The van der Waals surface area contributed by atoms with Crippen LogP contribution < -0.4 is 9.47 Å². The summed E-state index contributed by atoms with van der Waals surface area (Å²) in [7, 11) is 1.77. The molecule has 6 atom stereocenters. The van der Waals surface area contributed by atoms with Crippen LogP contribution in [0.4, 0.5) is 4.79 Å². The van der Waals surface area contributed by atoms with E-state index in [1.165, 1.54) is 44.9 Å². The summed E-state index contributed by atoms with van der Waals surface area (Å²) < 4.78 is 26.1. The van der Waals surface area contributed by atoms with Crippen molar-refractivity contribution in [1.82, 2.24) is 4.90 Å². The summed E-state index contributed by atoms with van der Waals surface area (Å²) in [6, 6.07) is 5.34. The van der Waals surface area contributed by atoms with Crippen molar-refractivity contribution in [3.63, 3.8) is 0 Å². The van der Waals surface area contributed by atoms with Crippen molar-refractivity contribution < 1.29 is 38.8 Å². The number of fused-ring (bicyclic) bond motifs is 2. The van der Waals surface area contributed by atoms with Gasteiger partial charge in [0, 0.05) is 38.2 Å². The number of ether oxygens (including phenoxy) is 4. The second-order valence-corrected chi connectivity index (χ2v) is 15.7. The van der Waals surface area contributed by atoms with Gasteiger partial charge < -0.3 is 38.9 Å². The molecular formula is C46H72N2O8. The molecule has 0 radical (unpaired) electrons. The zero-order valence-corrected chi connectivity index (χ0v) is 34.8. The zero-order valence-electron chi connectivity index (χ0n) is 34.8. The molecule has 1 amide bonds. The molecule has 0 spiro atoms. The Labute approximate surface area is 337 Å². The maximum atomic E-state index is 14.0. The SMILES string of the molecule is C=CCOc1ccc2c(c1)[C@H]1[C@H](CCCCO)[C@@H](CCCCO)C=C3C(=NOCC)C[C@H](N(C)C(=O)OCCCCCCCCCCCC)[C@@](OCC=C)(O2)[C@H]31. The van der Waals surface area contributed by atoms with E-state index in [0.29, 0.717) is 38.4 Å². The van der Waals surface area contributed by atoms with Crippen LogP contribution >= 0.6 is 0 Å². The average Bonchev–Trinajstić information content (AvgIpc) is 3.21. The standard InChI is InChI=1S/C46H72N2O8/c1-6-10-11-12-13-14-15-16-17-22-31-53-45(51)48(5)42-34-40(47-55-9-4)38-32-35(23-18-20-27-49)37(24-19-21-28-50)43-39-33-36(52-29-7-2)25-26-41(39)56-46(42,44(38)43)54-30-8-3/h7-8,25-26,32-33,35,37,42-44,49-50H,2-3,6,9-24,27-31,34H2,1,4-5H3/t35-,37+,42-,43+,44+,46+/m0/s1. The van der Waals surface area contributed by atoms with Crippen molar-refractivity contribution in [2.45, 2.75) is 141 Å². The number of hydrogen-bond donors (Lipinski definition) is 2. The van der Waals surface area contributed by atoms with E-state index in [-0.39, 0.29) is 43.5 Å². The summed E-state index contributed by atoms with van der Waals surface area (Å²) in [5.41, 5.74) is 2.79. The zero-order chi connectivity index (χ0) is 40.2.